The van der Waals surface area contributed by atoms with Crippen molar-refractivity contribution < 1.29 is 9.18 Å². The van der Waals surface area contributed by atoms with Crippen molar-refractivity contribution in [2.24, 2.45) is 0 Å². The fourth-order valence-corrected chi connectivity index (χ4v) is 1.87. The first-order chi connectivity index (χ1) is 8.97. The molecule has 2 rings (SSSR count). The molecule has 0 aliphatic carbocycles. The van der Waals surface area contributed by atoms with Crippen molar-refractivity contribution in [2.45, 2.75) is 6.92 Å². The second-order valence-corrected chi connectivity index (χ2v) is 5.03. The van der Waals surface area contributed by atoms with Crippen molar-refractivity contribution in [3.8, 4) is 0 Å². The minimum Gasteiger partial charge on any atom is -0.398 e. The van der Waals surface area contributed by atoms with Gasteiger partial charge >= 0.3 is 0 Å². The van der Waals surface area contributed by atoms with Gasteiger partial charge in [0.2, 0.25) is 0 Å². The quantitative estimate of drug-likeness (QED) is 0.828. The zero-order valence-electron chi connectivity index (χ0n) is 10.2. The molecule has 0 fully saturated rings. The molecule has 2 aromatic carbocycles. The minimum absolute atomic E-state index is 0.00656. The van der Waals surface area contributed by atoms with Crippen LogP contribution in [0.4, 0.5) is 15.8 Å². The van der Waals surface area contributed by atoms with Crippen LogP contribution in [-0.2, 0) is 0 Å². The highest BCUT2D eigenvalue weighted by atomic mass is 79.9. The lowest BCUT2D eigenvalue weighted by molar-refractivity contribution is 0.102. The van der Waals surface area contributed by atoms with Gasteiger partial charge in [0.1, 0.15) is 5.82 Å². The van der Waals surface area contributed by atoms with Gasteiger partial charge in [0, 0.05) is 15.8 Å². The van der Waals surface area contributed by atoms with Gasteiger partial charge in [-0.3, -0.25) is 4.79 Å². The Labute approximate surface area is 118 Å². The largest absolute Gasteiger partial charge is 0.398 e. The molecule has 98 valence electrons. The summed E-state index contributed by atoms with van der Waals surface area (Å²) >= 11 is 3.26. The van der Waals surface area contributed by atoms with E-state index in [-0.39, 0.29) is 5.56 Å². The van der Waals surface area contributed by atoms with E-state index < -0.39 is 11.7 Å². The molecule has 0 aliphatic heterocycles. The Kier molecular flexibility index (Phi) is 3.85. The molecule has 0 aromatic heterocycles. The van der Waals surface area contributed by atoms with E-state index in [9.17, 15) is 9.18 Å². The molecule has 0 bridgehead atoms. The third kappa shape index (κ3) is 3.12. The van der Waals surface area contributed by atoms with Crippen molar-refractivity contribution in [3.05, 3.63) is 57.8 Å². The van der Waals surface area contributed by atoms with Crippen LogP contribution in [0.2, 0.25) is 0 Å². The number of nitrogens with two attached hydrogens (primary N) is 1. The van der Waals surface area contributed by atoms with Gasteiger partial charge in [-0.05, 0) is 58.7 Å². The summed E-state index contributed by atoms with van der Waals surface area (Å²) in [6.45, 7) is 1.76. The topological polar surface area (TPSA) is 55.1 Å². The number of aryl methyl sites for hydroxylation is 1. The van der Waals surface area contributed by atoms with Crippen LogP contribution in [0.3, 0.4) is 0 Å². The molecule has 19 heavy (non-hydrogen) atoms. The van der Waals surface area contributed by atoms with Crippen LogP contribution >= 0.6 is 15.9 Å². The van der Waals surface area contributed by atoms with Gasteiger partial charge in [-0.2, -0.15) is 0 Å². The van der Waals surface area contributed by atoms with Crippen molar-refractivity contribution in [1.29, 1.82) is 0 Å². The van der Waals surface area contributed by atoms with Gasteiger partial charge in [0.05, 0.1) is 5.56 Å². The Morgan fingerprint density at radius 2 is 2.00 bits per heavy atom. The van der Waals surface area contributed by atoms with E-state index >= 15 is 0 Å². The lowest BCUT2D eigenvalue weighted by Crippen LogP contribution is -2.14. The van der Waals surface area contributed by atoms with E-state index in [2.05, 4.69) is 21.2 Å². The third-order valence-corrected chi connectivity index (χ3v) is 3.35. The lowest BCUT2D eigenvalue weighted by atomic mass is 10.1. The van der Waals surface area contributed by atoms with E-state index in [4.69, 9.17) is 5.73 Å². The highest BCUT2D eigenvalue weighted by Crippen LogP contribution is 2.23. The first kappa shape index (κ1) is 13.5. The first-order valence-electron chi connectivity index (χ1n) is 5.60. The Bertz CT molecular complexity index is 643. The van der Waals surface area contributed by atoms with E-state index in [1.54, 1.807) is 31.2 Å². The standard InChI is InChI=1S/C14H12BrFN2O/c1-8-2-4-10(12(16)6-8)14(19)18-9-3-5-11(15)13(17)7-9/h2-7H,17H2,1H3,(H,18,19). The van der Waals surface area contributed by atoms with Crippen LogP contribution in [0.25, 0.3) is 0 Å². The molecule has 0 heterocycles. The second kappa shape index (κ2) is 5.40. The fourth-order valence-electron chi connectivity index (χ4n) is 1.62. The maximum Gasteiger partial charge on any atom is 0.258 e. The van der Waals surface area contributed by atoms with Crippen LogP contribution in [0, 0.1) is 12.7 Å². The van der Waals surface area contributed by atoms with Crippen molar-refractivity contribution in [1.82, 2.24) is 0 Å². The monoisotopic (exact) mass is 322 g/mol. The summed E-state index contributed by atoms with van der Waals surface area (Å²) in [5, 5.41) is 2.61. The minimum atomic E-state index is -0.539. The molecule has 3 N–H and O–H groups in total. The molecule has 0 unspecified atom stereocenters. The van der Waals surface area contributed by atoms with Crippen LogP contribution in [0.15, 0.2) is 40.9 Å². The summed E-state index contributed by atoms with van der Waals surface area (Å²) in [5.41, 5.74) is 7.51. The maximum absolute atomic E-state index is 13.7. The maximum atomic E-state index is 13.7. The molecule has 0 atom stereocenters. The van der Waals surface area contributed by atoms with Crippen molar-refractivity contribution in [3.63, 3.8) is 0 Å². The summed E-state index contributed by atoms with van der Waals surface area (Å²) < 4.78 is 14.4. The van der Waals surface area contributed by atoms with Gasteiger partial charge in [-0.15, -0.1) is 0 Å². The van der Waals surface area contributed by atoms with Crippen molar-refractivity contribution in [2.75, 3.05) is 11.1 Å². The van der Waals surface area contributed by atoms with Crippen molar-refractivity contribution >= 4 is 33.2 Å². The summed E-state index contributed by atoms with van der Waals surface area (Å²) in [5.74, 6) is -1.04. The zero-order valence-corrected chi connectivity index (χ0v) is 11.8. The Morgan fingerprint density at radius 3 is 2.63 bits per heavy atom. The Hall–Kier alpha value is -1.88. The summed E-state index contributed by atoms with van der Waals surface area (Å²) in [7, 11) is 0. The number of benzene rings is 2. The summed E-state index contributed by atoms with van der Waals surface area (Å²) in [4.78, 5) is 11.9. The molecule has 1 amide bonds. The number of anilines is 2. The molecule has 0 saturated carbocycles. The summed E-state index contributed by atoms with van der Waals surface area (Å²) in [6.07, 6.45) is 0. The van der Waals surface area contributed by atoms with Gasteiger partial charge < -0.3 is 11.1 Å². The average molecular weight is 323 g/mol. The van der Waals surface area contributed by atoms with E-state index in [1.807, 2.05) is 0 Å². The molecule has 0 saturated heterocycles. The molecule has 0 aliphatic rings. The molecule has 5 heteroatoms. The van der Waals surface area contributed by atoms with Gasteiger partial charge in [-0.1, -0.05) is 6.07 Å². The van der Waals surface area contributed by atoms with Gasteiger partial charge in [-0.25, -0.2) is 4.39 Å². The summed E-state index contributed by atoms with van der Waals surface area (Å²) in [6, 6.07) is 9.48. The van der Waals surface area contributed by atoms with Crippen LogP contribution in [-0.4, -0.2) is 5.91 Å². The molecule has 0 radical (unpaired) electrons. The van der Waals surface area contributed by atoms with Gasteiger partial charge in [0.25, 0.3) is 5.91 Å². The normalized spacial score (nSPS) is 10.3. The molecular weight excluding hydrogens is 311 g/mol. The number of rotatable bonds is 2. The van der Waals surface area contributed by atoms with Crippen LogP contribution < -0.4 is 11.1 Å². The predicted molar refractivity (Wildman–Crippen MR) is 77.6 cm³/mol. The molecule has 2 aromatic rings. The molecule has 3 nitrogen and oxygen atoms in total. The number of hydrogen-bond acceptors (Lipinski definition) is 2. The van der Waals surface area contributed by atoms with Crippen LogP contribution in [0.5, 0.6) is 0 Å². The van der Waals surface area contributed by atoms with E-state index in [1.165, 1.54) is 12.1 Å². The number of amides is 1. The first-order valence-corrected chi connectivity index (χ1v) is 6.39. The van der Waals surface area contributed by atoms with E-state index in [0.29, 0.717) is 11.4 Å². The SMILES string of the molecule is Cc1ccc(C(=O)Nc2ccc(Br)c(N)c2)c(F)c1. The lowest BCUT2D eigenvalue weighted by Gasteiger charge is -2.08. The zero-order chi connectivity index (χ0) is 14.0. The number of halogens is 2. The second-order valence-electron chi connectivity index (χ2n) is 4.17. The third-order valence-electron chi connectivity index (χ3n) is 2.62. The van der Waals surface area contributed by atoms with Gasteiger partial charge in [0.15, 0.2) is 0 Å². The number of carbonyl (C=O) groups excluding carboxylic acids is 1. The average Bonchev–Trinajstić information content (AvgIpc) is 2.33. The molecular formula is C14H12BrFN2O. The fraction of sp³-hybridized carbons (Fsp3) is 0.0714. The van der Waals surface area contributed by atoms with Crippen LogP contribution in [0.1, 0.15) is 15.9 Å². The Balaban J connectivity index is 2.23. The molecule has 0 spiro atoms. The Morgan fingerprint density at radius 1 is 1.26 bits per heavy atom. The van der Waals surface area contributed by atoms with E-state index in [0.717, 1.165) is 10.0 Å². The number of nitrogens with one attached hydrogen (secondary N) is 1. The highest BCUT2D eigenvalue weighted by molar-refractivity contribution is 9.10. The smallest absolute Gasteiger partial charge is 0.258 e. The number of nitrogen functional groups attached to an aromatic ring is 1. The highest BCUT2D eigenvalue weighted by Gasteiger charge is 2.12. The predicted octanol–water partition coefficient (Wildman–Crippen LogP) is 3.73. The number of carbonyl (C=O) groups is 1. The number of hydrogen-bond donors (Lipinski definition) is 2.